The maximum absolute atomic E-state index is 12.2. The zero-order valence-corrected chi connectivity index (χ0v) is 14.8. The maximum atomic E-state index is 12.2. The Kier molecular flexibility index (Phi) is 4.21. The van der Waals surface area contributed by atoms with Crippen molar-refractivity contribution in [3.05, 3.63) is 52.4 Å². The molecule has 0 spiro atoms. The molecule has 1 aromatic carbocycles. The number of hydrogen-bond acceptors (Lipinski definition) is 4. The summed E-state index contributed by atoms with van der Waals surface area (Å²) in [5.74, 6) is 2.21. The minimum atomic E-state index is -0.0214. The Hall–Kier alpha value is -2.34. The number of benzene rings is 1. The normalized spacial score (nSPS) is 18.9. The minimum Gasteiger partial charge on any atom is -0.460 e. The van der Waals surface area contributed by atoms with Crippen molar-refractivity contribution in [1.29, 1.82) is 0 Å². The zero-order valence-electron chi connectivity index (χ0n) is 14.8. The molecule has 6 heteroatoms. The monoisotopic (exact) mass is 340 g/mol. The largest absolute Gasteiger partial charge is 0.460 e. The number of likely N-dealkylation sites (tertiary alicyclic amines) is 1. The van der Waals surface area contributed by atoms with E-state index in [2.05, 4.69) is 22.1 Å². The van der Waals surface area contributed by atoms with Crippen molar-refractivity contribution in [2.75, 3.05) is 13.1 Å². The quantitative estimate of drug-likeness (QED) is 0.733. The summed E-state index contributed by atoms with van der Waals surface area (Å²) >= 11 is 0. The standard InChI is InChI=1S/C19H24N4O2/c1-3-23-18(20-21(2)19(23)24)15-8-6-10-22(12-15)13-16-11-14-7-4-5-9-17(14)25-16/h4-5,7,9,11,15H,3,6,8,10,12-13H2,1-2H3/t15-/m1/s1. The van der Waals surface area contributed by atoms with E-state index in [0.717, 1.165) is 55.0 Å². The van der Waals surface area contributed by atoms with Crippen molar-refractivity contribution in [3.63, 3.8) is 0 Å². The predicted molar refractivity (Wildman–Crippen MR) is 96.6 cm³/mol. The molecule has 1 saturated heterocycles. The Labute approximate surface area is 146 Å². The van der Waals surface area contributed by atoms with Crippen LogP contribution in [0.4, 0.5) is 0 Å². The highest BCUT2D eigenvalue weighted by Gasteiger charge is 2.27. The van der Waals surface area contributed by atoms with Crippen LogP contribution in [0.2, 0.25) is 0 Å². The van der Waals surface area contributed by atoms with Crippen LogP contribution in [0.25, 0.3) is 11.0 Å². The molecule has 1 aliphatic heterocycles. The van der Waals surface area contributed by atoms with Crippen molar-refractivity contribution in [2.45, 2.75) is 38.8 Å². The predicted octanol–water partition coefficient (Wildman–Crippen LogP) is 2.73. The van der Waals surface area contributed by atoms with Crippen LogP contribution in [0.15, 0.2) is 39.5 Å². The minimum absolute atomic E-state index is 0.0214. The molecule has 0 N–H and O–H groups in total. The van der Waals surface area contributed by atoms with Crippen molar-refractivity contribution in [1.82, 2.24) is 19.2 Å². The Morgan fingerprint density at radius 2 is 2.16 bits per heavy atom. The molecule has 2 aromatic heterocycles. The van der Waals surface area contributed by atoms with Crippen molar-refractivity contribution in [3.8, 4) is 0 Å². The summed E-state index contributed by atoms with van der Waals surface area (Å²) < 4.78 is 9.22. The summed E-state index contributed by atoms with van der Waals surface area (Å²) in [4.78, 5) is 14.6. The van der Waals surface area contributed by atoms with Gasteiger partial charge in [-0.1, -0.05) is 18.2 Å². The third-order valence-corrected chi connectivity index (χ3v) is 5.08. The molecule has 3 aromatic rings. The smallest absolute Gasteiger partial charge is 0.345 e. The van der Waals surface area contributed by atoms with Gasteiger partial charge in [0.05, 0.1) is 6.54 Å². The van der Waals surface area contributed by atoms with Crippen molar-refractivity contribution < 1.29 is 4.42 Å². The molecule has 132 valence electrons. The van der Waals surface area contributed by atoms with Gasteiger partial charge < -0.3 is 4.42 Å². The highest BCUT2D eigenvalue weighted by Crippen LogP contribution is 2.27. The Bertz CT molecular complexity index is 903. The molecule has 4 rings (SSSR count). The average molecular weight is 340 g/mol. The molecule has 6 nitrogen and oxygen atoms in total. The topological polar surface area (TPSA) is 56.2 Å². The summed E-state index contributed by atoms with van der Waals surface area (Å²) in [5, 5.41) is 5.65. The van der Waals surface area contributed by atoms with Crippen molar-refractivity contribution >= 4 is 11.0 Å². The average Bonchev–Trinajstić information content (AvgIpc) is 3.15. The van der Waals surface area contributed by atoms with Crippen LogP contribution in [0, 0.1) is 0 Å². The van der Waals surface area contributed by atoms with E-state index in [1.54, 1.807) is 11.6 Å². The molecule has 3 heterocycles. The van der Waals surface area contributed by atoms with Gasteiger partial charge in [-0.05, 0) is 38.4 Å². The van der Waals surface area contributed by atoms with E-state index in [1.165, 1.54) is 4.68 Å². The van der Waals surface area contributed by atoms with E-state index in [9.17, 15) is 4.79 Å². The molecule has 0 aliphatic carbocycles. The van der Waals surface area contributed by atoms with Crippen LogP contribution in [0.5, 0.6) is 0 Å². The highest BCUT2D eigenvalue weighted by atomic mass is 16.3. The summed E-state index contributed by atoms with van der Waals surface area (Å²) in [5.41, 5.74) is 0.919. The first kappa shape index (κ1) is 16.1. The third kappa shape index (κ3) is 3.02. The van der Waals surface area contributed by atoms with Gasteiger partial charge in [0.25, 0.3) is 0 Å². The zero-order chi connectivity index (χ0) is 17.4. The van der Waals surface area contributed by atoms with E-state index < -0.39 is 0 Å². The lowest BCUT2D eigenvalue weighted by atomic mass is 9.97. The van der Waals surface area contributed by atoms with Gasteiger partial charge in [0.15, 0.2) is 0 Å². The SMILES string of the molecule is CCn1c([C@@H]2CCCN(Cc3cc4ccccc4o3)C2)nn(C)c1=O. The molecule has 0 amide bonds. The van der Waals surface area contributed by atoms with Gasteiger partial charge in [0.2, 0.25) is 0 Å². The second kappa shape index (κ2) is 6.52. The van der Waals surface area contributed by atoms with E-state index >= 15 is 0 Å². The van der Waals surface area contributed by atoms with Crippen LogP contribution in [-0.2, 0) is 20.1 Å². The summed E-state index contributed by atoms with van der Waals surface area (Å²) in [6.45, 7) is 5.43. The summed E-state index contributed by atoms with van der Waals surface area (Å²) in [7, 11) is 1.73. The molecular weight excluding hydrogens is 316 g/mol. The fourth-order valence-electron chi connectivity index (χ4n) is 3.87. The van der Waals surface area contributed by atoms with Gasteiger partial charge in [0.1, 0.15) is 17.2 Å². The second-order valence-corrected chi connectivity index (χ2v) is 6.83. The first-order chi connectivity index (χ1) is 12.2. The van der Waals surface area contributed by atoms with Gasteiger partial charge >= 0.3 is 5.69 Å². The lowest BCUT2D eigenvalue weighted by Crippen LogP contribution is -2.35. The molecule has 1 aliphatic rings. The number of fused-ring (bicyclic) bond motifs is 1. The molecule has 1 atom stereocenters. The van der Waals surface area contributed by atoms with Crippen molar-refractivity contribution in [2.24, 2.45) is 7.05 Å². The van der Waals surface area contributed by atoms with Crippen LogP contribution >= 0.6 is 0 Å². The molecule has 0 saturated carbocycles. The van der Waals surface area contributed by atoms with Crippen LogP contribution in [-0.4, -0.2) is 32.3 Å². The fraction of sp³-hybridized carbons (Fsp3) is 0.474. The Balaban J connectivity index is 1.53. The van der Waals surface area contributed by atoms with E-state index in [-0.39, 0.29) is 5.69 Å². The molecule has 0 radical (unpaired) electrons. The molecule has 0 unspecified atom stereocenters. The molecule has 1 fully saturated rings. The van der Waals surface area contributed by atoms with E-state index in [0.29, 0.717) is 12.5 Å². The number of aryl methyl sites for hydroxylation is 1. The van der Waals surface area contributed by atoms with Crippen LogP contribution < -0.4 is 5.69 Å². The van der Waals surface area contributed by atoms with Gasteiger partial charge in [-0.15, -0.1) is 0 Å². The van der Waals surface area contributed by atoms with E-state index in [1.807, 2.05) is 25.1 Å². The van der Waals surface area contributed by atoms with Crippen LogP contribution in [0.3, 0.4) is 0 Å². The maximum Gasteiger partial charge on any atom is 0.345 e. The molecule has 0 bridgehead atoms. The lowest BCUT2D eigenvalue weighted by molar-refractivity contribution is 0.183. The number of para-hydroxylation sites is 1. The van der Waals surface area contributed by atoms with Gasteiger partial charge in [-0.3, -0.25) is 9.47 Å². The second-order valence-electron chi connectivity index (χ2n) is 6.83. The number of hydrogen-bond donors (Lipinski definition) is 0. The number of furan rings is 1. The first-order valence-corrected chi connectivity index (χ1v) is 8.99. The Morgan fingerprint density at radius 1 is 1.32 bits per heavy atom. The summed E-state index contributed by atoms with van der Waals surface area (Å²) in [6, 6.07) is 10.2. The third-order valence-electron chi connectivity index (χ3n) is 5.08. The van der Waals surface area contributed by atoms with Gasteiger partial charge in [-0.25, -0.2) is 9.48 Å². The number of aromatic nitrogens is 3. The summed E-state index contributed by atoms with van der Waals surface area (Å²) in [6.07, 6.45) is 2.19. The highest BCUT2D eigenvalue weighted by molar-refractivity contribution is 5.77. The van der Waals surface area contributed by atoms with E-state index in [4.69, 9.17) is 4.42 Å². The van der Waals surface area contributed by atoms with Gasteiger partial charge in [0, 0.05) is 31.4 Å². The first-order valence-electron chi connectivity index (χ1n) is 8.99. The Morgan fingerprint density at radius 3 is 2.96 bits per heavy atom. The molecular formula is C19H24N4O2. The molecule has 25 heavy (non-hydrogen) atoms. The fourth-order valence-corrected chi connectivity index (χ4v) is 3.87. The van der Waals surface area contributed by atoms with Gasteiger partial charge in [-0.2, -0.15) is 5.10 Å². The van der Waals surface area contributed by atoms with Crippen LogP contribution in [0.1, 0.15) is 37.3 Å². The number of rotatable bonds is 4. The number of piperidine rings is 1. The number of nitrogens with zero attached hydrogens (tertiary/aromatic N) is 4. The lowest BCUT2D eigenvalue weighted by Gasteiger charge is -2.31.